The van der Waals surface area contributed by atoms with Crippen LogP contribution in [0.15, 0.2) is 53.7 Å². The van der Waals surface area contributed by atoms with Gasteiger partial charge in [0.1, 0.15) is 5.75 Å². The van der Waals surface area contributed by atoms with Crippen LogP contribution in [-0.2, 0) is 19.0 Å². The number of thioether (sulfide) groups is 1. The van der Waals surface area contributed by atoms with Crippen molar-refractivity contribution in [2.24, 2.45) is 7.05 Å². The second-order valence-electron chi connectivity index (χ2n) is 6.41. The van der Waals surface area contributed by atoms with Crippen LogP contribution >= 0.6 is 11.8 Å². The zero-order chi connectivity index (χ0) is 20.3. The maximum Gasteiger partial charge on any atom is 0.416 e. The third-order valence-corrected chi connectivity index (χ3v) is 5.34. The topological polar surface area (TPSA) is 39.9 Å². The molecule has 1 atom stereocenters. The van der Waals surface area contributed by atoms with Crippen LogP contribution in [0.25, 0.3) is 0 Å². The molecule has 0 amide bonds. The maximum absolute atomic E-state index is 12.8. The van der Waals surface area contributed by atoms with Gasteiger partial charge >= 0.3 is 6.18 Å². The molecular weight excluding hydrogens is 387 g/mol. The number of nitrogens with zero attached hydrogens (tertiary/aromatic N) is 3. The van der Waals surface area contributed by atoms with E-state index in [1.54, 1.807) is 10.6 Å². The lowest BCUT2D eigenvalue weighted by Gasteiger charge is -2.15. The second-order valence-corrected chi connectivity index (χ2v) is 7.35. The van der Waals surface area contributed by atoms with Crippen molar-refractivity contribution < 1.29 is 17.9 Å². The van der Waals surface area contributed by atoms with E-state index in [1.165, 1.54) is 17.8 Å². The first-order valence-corrected chi connectivity index (χ1v) is 9.65. The second kappa shape index (κ2) is 8.26. The Bertz CT molecular complexity index is 956. The number of ether oxygens (including phenoxy) is 1. The third kappa shape index (κ3) is 4.67. The van der Waals surface area contributed by atoms with Gasteiger partial charge < -0.3 is 9.30 Å². The number of rotatable bonds is 6. The Morgan fingerprint density at radius 3 is 2.57 bits per heavy atom. The summed E-state index contributed by atoms with van der Waals surface area (Å²) in [7, 11) is 1.82. The van der Waals surface area contributed by atoms with Crippen LogP contribution in [0.4, 0.5) is 13.2 Å². The van der Waals surface area contributed by atoms with Gasteiger partial charge in [-0.2, -0.15) is 13.2 Å². The van der Waals surface area contributed by atoms with Gasteiger partial charge in [0.05, 0.1) is 5.56 Å². The van der Waals surface area contributed by atoms with E-state index in [-0.39, 0.29) is 6.10 Å². The van der Waals surface area contributed by atoms with Gasteiger partial charge in [-0.05, 0) is 37.1 Å². The third-order valence-electron chi connectivity index (χ3n) is 4.25. The first-order valence-electron chi connectivity index (χ1n) is 8.66. The number of alkyl halides is 3. The summed E-state index contributed by atoms with van der Waals surface area (Å²) in [4.78, 5) is 0. The highest BCUT2D eigenvalue weighted by molar-refractivity contribution is 7.98. The molecule has 0 aliphatic heterocycles. The fraction of sp³-hybridized carbons (Fsp3) is 0.300. The van der Waals surface area contributed by atoms with Gasteiger partial charge in [0.15, 0.2) is 17.1 Å². The number of halogens is 3. The van der Waals surface area contributed by atoms with Crippen molar-refractivity contribution in [3.8, 4) is 5.75 Å². The zero-order valence-corrected chi connectivity index (χ0v) is 16.5. The molecular formula is C20H20F3N3OS. The van der Waals surface area contributed by atoms with E-state index in [9.17, 15) is 13.2 Å². The molecule has 0 saturated heterocycles. The van der Waals surface area contributed by atoms with Crippen molar-refractivity contribution in [3.05, 3.63) is 71.0 Å². The molecule has 0 spiro atoms. The number of hydrogen-bond acceptors (Lipinski definition) is 4. The van der Waals surface area contributed by atoms with Gasteiger partial charge in [-0.15, -0.1) is 10.2 Å². The Morgan fingerprint density at radius 2 is 1.86 bits per heavy atom. The van der Waals surface area contributed by atoms with Gasteiger partial charge in [-0.25, -0.2) is 0 Å². The summed E-state index contributed by atoms with van der Waals surface area (Å²) in [6.07, 6.45) is -4.66. The molecule has 4 nitrogen and oxygen atoms in total. The van der Waals surface area contributed by atoms with Gasteiger partial charge in [0, 0.05) is 12.8 Å². The summed E-state index contributed by atoms with van der Waals surface area (Å²) in [5, 5.41) is 8.98. The van der Waals surface area contributed by atoms with Crippen molar-refractivity contribution in [1.29, 1.82) is 0 Å². The summed E-state index contributed by atoms with van der Waals surface area (Å²) >= 11 is 1.33. The van der Waals surface area contributed by atoms with E-state index in [0.29, 0.717) is 22.3 Å². The molecule has 0 aliphatic rings. The Hall–Kier alpha value is -2.48. The number of benzene rings is 2. The fourth-order valence-corrected chi connectivity index (χ4v) is 3.58. The summed E-state index contributed by atoms with van der Waals surface area (Å²) in [5.41, 5.74) is 0.953. The normalized spacial score (nSPS) is 12.8. The molecule has 0 radical (unpaired) electrons. The smallest absolute Gasteiger partial charge is 0.416 e. The Kier molecular flexibility index (Phi) is 5.98. The van der Waals surface area contributed by atoms with Crippen LogP contribution in [0.2, 0.25) is 0 Å². The lowest BCUT2D eigenvalue weighted by atomic mass is 10.1. The zero-order valence-electron chi connectivity index (χ0n) is 15.7. The summed E-state index contributed by atoms with van der Waals surface area (Å²) in [6, 6.07) is 13.0. The number of aryl methyl sites for hydroxylation is 1. The largest absolute Gasteiger partial charge is 0.482 e. The summed E-state index contributed by atoms with van der Waals surface area (Å²) in [5.74, 6) is 1.79. The minimum absolute atomic E-state index is 0.318. The first kappa shape index (κ1) is 20.3. The fourth-order valence-electron chi connectivity index (χ4n) is 2.72. The molecule has 0 bridgehead atoms. The molecule has 0 aliphatic carbocycles. The highest BCUT2D eigenvalue weighted by Crippen LogP contribution is 2.31. The average Bonchev–Trinajstić information content (AvgIpc) is 3.02. The molecule has 8 heteroatoms. The molecule has 0 saturated carbocycles. The predicted molar refractivity (Wildman–Crippen MR) is 102 cm³/mol. The minimum Gasteiger partial charge on any atom is -0.482 e. The quantitative estimate of drug-likeness (QED) is 0.501. The number of aromatic nitrogens is 3. The Labute approximate surface area is 165 Å². The first-order chi connectivity index (χ1) is 13.3. The monoisotopic (exact) mass is 407 g/mol. The lowest BCUT2D eigenvalue weighted by molar-refractivity contribution is -0.137. The molecule has 1 unspecified atom stereocenters. The van der Waals surface area contributed by atoms with Crippen molar-refractivity contribution in [1.82, 2.24) is 14.8 Å². The molecule has 3 rings (SSSR count). The highest BCUT2D eigenvalue weighted by Gasteiger charge is 2.30. The van der Waals surface area contributed by atoms with E-state index in [1.807, 2.05) is 45.2 Å². The summed E-state index contributed by atoms with van der Waals surface area (Å²) < 4.78 is 46.3. The van der Waals surface area contributed by atoms with Gasteiger partial charge in [-0.3, -0.25) is 0 Å². The maximum atomic E-state index is 12.8. The Morgan fingerprint density at radius 1 is 1.11 bits per heavy atom. The molecule has 148 valence electrons. The van der Waals surface area contributed by atoms with Crippen LogP contribution in [-0.4, -0.2) is 14.8 Å². The molecule has 0 fully saturated rings. The predicted octanol–water partition coefficient (Wildman–Crippen LogP) is 5.57. The summed E-state index contributed by atoms with van der Waals surface area (Å²) in [6.45, 7) is 3.85. The van der Waals surface area contributed by atoms with Crippen LogP contribution in [0.5, 0.6) is 5.75 Å². The van der Waals surface area contributed by atoms with Gasteiger partial charge in [0.25, 0.3) is 0 Å². The van der Waals surface area contributed by atoms with Crippen molar-refractivity contribution in [3.63, 3.8) is 0 Å². The standard InChI is InChI=1S/C20H20F3N3OS/c1-13-7-4-5-10-17(13)27-14(2)18-24-25-19(26(18)3)28-12-15-8-6-9-16(11-15)20(21,22)23/h4-11,14H,12H2,1-3H3. The van der Waals surface area contributed by atoms with E-state index in [4.69, 9.17) is 4.74 Å². The van der Waals surface area contributed by atoms with Crippen LogP contribution in [0.1, 0.15) is 35.5 Å². The molecule has 2 aromatic carbocycles. The molecule has 1 aromatic heterocycles. The SMILES string of the molecule is Cc1ccccc1OC(C)c1nnc(SCc2cccc(C(F)(F)F)c2)n1C. The van der Waals surface area contributed by atoms with Crippen LogP contribution in [0.3, 0.4) is 0 Å². The molecule has 0 N–H and O–H groups in total. The van der Waals surface area contributed by atoms with Crippen LogP contribution in [0, 0.1) is 6.92 Å². The molecule has 3 aromatic rings. The molecule has 1 heterocycles. The number of hydrogen-bond donors (Lipinski definition) is 0. The highest BCUT2D eigenvalue weighted by atomic mass is 32.2. The van der Waals surface area contributed by atoms with E-state index >= 15 is 0 Å². The van der Waals surface area contributed by atoms with Gasteiger partial charge in [-0.1, -0.05) is 48.2 Å². The van der Waals surface area contributed by atoms with Crippen molar-refractivity contribution >= 4 is 11.8 Å². The molecule has 28 heavy (non-hydrogen) atoms. The lowest BCUT2D eigenvalue weighted by Crippen LogP contribution is -2.10. The van der Waals surface area contributed by atoms with E-state index < -0.39 is 11.7 Å². The average molecular weight is 407 g/mol. The Balaban J connectivity index is 1.69. The van der Waals surface area contributed by atoms with E-state index in [0.717, 1.165) is 23.4 Å². The van der Waals surface area contributed by atoms with Crippen LogP contribution < -0.4 is 4.74 Å². The minimum atomic E-state index is -4.35. The van der Waals surface area contributed by atoms with Gasteiger partial charge in [0.2, 0.25) is 0 Å². The number of para-hydroxylation sites is 1. The van der Waals surface area contributed by atoms with Crippen molar-refractivity contribution in [2.45, 2.75) is 37.0 Å². The van der Waals surface area contributed by atoms with Crippen molar-refractivity contribution in [2.75, 3.05) is 0 Å². The van der Waals surface area contributed by atoms with E-state index in [2.05, 4.69) is 10.2 Å².